The van der Waals surface area contributed by atoms with Gasteiger partial charge in [-0.3, -0.25) is 4.79 Å². The predicted molar refractivity (Wildman–Crippen MR) is 67.7 cm³/mol. The fourth-order valence-electron chi connectivity index (χ4n) is 1.36. The Morgan fingerprint density at radius 1 is 1.27 bits per heavy atom. The summed E-state index contributed by atoms with van der Waals surface area (Å²) in [6.45, 7) is 1.78. The van der Waals surface area contributed by atoms with E-state index in [1.807, 2.05) is 52.9 Å². The molecule has 0 amide bonds. The lowest BCUT2D eigenvalue weighted by atomic mass is 10.1. The lowest BCUT2D eigenvalue weighted by Gasteiger charge is -2.03. The van der Waals surface area contributed by atoms with Gasteiger partial charge < -0.3 is 4.98 Å². The first-order valence-electron chi connectivity index (χ1n) is 4.50. The van der Waals surface area contributed by atoms with E-state index in [1.165, 1.54) is 0 Å². The average Bonchev–Trinajstić information content (AvgIpc) is 2.24. The van der Waals surface area contributed by atoms with Crippen LogP contribution in [0.2, 0.25) is 0 Å². The number of nitrogens with one attached hydrogen (secondary N) is 1. The molecule has 0 aliphatic rings. The van der Waals surface area contributed by atoms with Crippen LogP contribution in [0.3, 0.4) is 0 Å². The Morgan fingerprint density at radius 3 is 2.60 bits per heavy atom. The molecule has 1 N–H and O–H groups in total. The number of hydrogen-bond acceptors (Lipinski definition) is 2. The first-order valence-corrected chi connectivity index (χ1v) is 5.58. The Morgan fingerprint density at radius 2 is 1.93 bits per heavy atom. The van der Waals surface area contributed by atoms with Crippen LogP contribution in [0.4, 0.5) is 0 Å². The number of hydrogen-bond donors (Lipinski definition) is 1. The zero-order valence-corrected chi connectivity index (χ0v) is 10.3. The van der Waals surface area contributed by atoms with Gasteiger partial charge in [-0.15, -0.1) is 0 Å². The van der Waals surface area contributed by atoms with Gasteiger partial charge in [0, 0.05) is 5.56 Å². The van der Waals surface area contributed by atoms with E-state index in [-0.39, 0.29) is 5.56 Å². The van der Waals surface area contributed by atoms with Crippen LogP contribution in [0, 0.1) is 10.5 Å². The minimum Gasteiger partial charge on any atom is -0.310 e. The summed E-state index contributed by atoms with van der Waals surface area (Å²) in [5.41, 5.74) is 1.63. The quantitative estimate of drug-likeness (QED) is 0.822. The fraction of sp³-hybridized carbons (Fsp3) is 0.0909. The number of nitrogens with zero attached hydrogens (tertiary/aromatic N) is 1. The Balaban J connectivity index is 2.68. The van der Waals surface area contributed by atoms with Gasteiger partial charge in [0.25, 0.3) is 5.56 Å². The van der Waals surface area contributed by atoms with Gasteiger partial charge in [-0.25, -0.2) is 4.98 Å². The largest absolute Gasteiger partial charge is 0.310 e. The average molecular weight is 312 g/mol. The van der Waals surface area contributed by atoms with Crippen molar-refractivity contribution in [1.29, 1.82) is 0 Å². The van der Waals surface area contributed by atoms with Crippen molar-refractivity contribution in [3.8, 4) is 11.3 Å². The summed E-state index contributed by atoms with van der Waals surface area (Å²) >= 11 is 2.02. The van der Waals surface area contributed by atoms with Crippen molar-refractivity contribution in [3.63, 3.8) is 0 Å². The molecule has 0 spiro atoms. The lowest BCUT2D eigenvalue weighted by molar-refractivity contribution is 1.01. The van der Waals surface area contributed by atoms with E-state index in [1.54, 1.807) is 6.92 Å². The van der Waals surface area contributed by atoms with Gasteiger partial charge >= 0.3 is 0 Å². The minimum absolute atomic E-state index is 0.0815. The van der Waals surface area contributed by atoms with Crippen molar-refractivity contribution in [3.05, 3.63) is 50.1 Å². The number of aromatic amines is 1. The Labute approximate surface area is 101 Å². The van der Waals surface area contributed by atoms with Crippen LogP contribution < -0.4 is 5.56 Å². The van der Waals surface area contributed by atoms with Crippen LogP contribution in [-0.2, 0) is 0 Å². The third kappa shape index (κ3) is 2.09. The maximum Gasteiger partial charge on any atom is 0.264 e. The van der Waals surface area contributed by atoms with Crippen molar-refractivity contribution >= 4 is 22.6 Å². The highest BCUT2D eigenvalue weighted by molar-refractivity contribution is 14.1. The Kier molecular flexibility index (Phi) is 2.86. The summed E-state index contributed by atoms with van der Waals surface area (Å²) in [6, 6.07) is 9.70. The molecule has 15 heavy (non-hydrogen) atoms. The second-order valence-electron chi connectivity index (χ2n) is 3.18. The standard InChI is InChI=1S/C11H9IN2O/c1-7-13-10(9(12)11(15)14-7)8-5-3-2-4-6-8/h2-6H,1H3,(H,13,14,15). The third-order valence-corrected chi connectivity index (χ3v) is 3.03. The molecule has 0 aliphatic heterocycles. The molecule has 0 unspecified atom stereocenters. The molecule has 0 bridgehead atoms. The second kappa shape index (κ2) is 4.14. The van der Waals surface area contributed by atoms with Crippen molar-refractivity contribution in [2.24, 2.45) is 0 Å². The molecule has 0 radical (unpaired) electrons. The highest BCUT2D eigenvalue weighted by Gasteiger charge is 2.08. The summed E-state index contributed by atoms with van der Waals surface area (Å²) < 4.78 is 0.629. The van der Waals surface area contributed by atoms with Crippen molar-refractivity contribution in [2.45, 2.75) is 6.92 Å². The number of aromatic nitrogens is 2. The van der Waals surface area contributed by atoms with E-state index in [0.717, 1.165) is 11.3 Å². The third-order valence-electron chi connectivity index (χ3n) is 2.03. The van der Waals surface area contributed by atoms with Crippen LogP contribution in [0.1, 0.15) is 5.82 Å². The van der Waals surface area contributed by atoms with Crippen molar-refractivity contribution in [1.82, 2.24) is 9.97 Å². The number of H-pyrrole nitrogens is 1. The molecule has 0 saturated heterocycles. The van der Waals surface area contributed by atoms with Gasteiger partial charge in [0.05, 0.1) is 5.69 Å². The molecular formula is C11H9IN2O. The Bertz CT molecular complexity index is 534. The van der Waals surface area contributed by atoms with Gasteiger partial charge in [-0.2, -0.15) is 0 Å². The van der Waals surface area contributed by atoms with Crippen LogP contribution >= 0.6 is 22.6 Å². The normalized spacial score (nSPS) is 10.3. The van der Waals surface area contributed by atoms with Gasteiger partial charge in [-0.1, -0.05) is 30.3 Å². The second-order valence-corrected chi connectivity index (χ2v) is 4.26. The molecule has 0 fully saturated rings. The van der Waals surface area contributed by atoms with Crippen LogP contribution in [0.15, 0.2) is 35.1 Å². The van der Waals surface area contributed by atoms with Gasteiger partial charge in [-0.05, 0) is 29.5 Å². The van der Waals surface area contributed by atoms with Crippen LogP contribution in [0.5, 0.6) is 0 Å². The molecule has 1 aromatic carbocycles. The predicted octanol–water partition coefficient (Wildman–Crippen LogP) is 2.35. The molecule has 0 atom stereocenters. The Hall–Kier alpha value is -1.17. The van der Waals surface area contributed by atoms with Crippen molar-refractivity contribution < 1.29 is 0 Å². The molecular weight excluding hydrogens is 303 g/mol. The van der Waals surface area contributed by atoms with E-state index in [0.29, 0.717) is 9.39 Å². The maximum atomic E-state index is 11.5. The zero-order chi connectivity index (χ0) is 10.8. The summed E-state index contributed by atoms with van der Waals surface area (Å²) in [4.78, 5) is 18.5. The fourth-order valence-corrected chi connectivity index (χ4v) is 1.93. The lowest BCUT2D eigenvalue weighted by Crippen LogP contribution is -2.14. The first kappa shape index (κ1) is 10.4. The topological polar surface area (TPSA) is 45.8 Å². The van der Waals surface area contributed by atoms with Gasteiger partial charge in [0.2, 0.25) is 0 Å². The molecule has 0 saturated carbocycles. The van der Waals surface area contributed by atoms with Gasteiger partial charge in [0.1, 0.15) is 9.39 Å². The van der Waals surface area contributed by atoms with Crippen LogP contribution in [-0.4, -0.2) is 9.97 Å². The highest BCUT2D eigenvalue weighted by atomic mass is 127. The van der Waals surface area contributed by atoms with E-state index in [9.17, 15) is 4.79 Å². The molecule has 2 aromatic rings. The zero-order valence-electron chi connectivity index (χ0n) is 8.12. The van der Waals surface area contributed by atoms with Crippen molar-refractivity contribution in [2.75, 3.05) is 0 Å². The van der Waals surface area contributed by atoms with E-state index < -0.39 is 0 Å². The van der Waals surface area contributed by atoms with E-state index >= 15 is 0 Å². The molecule has 2 rings (SSSR count). The smallest absolute Gasteiger partial charge is 0.264 e. The summed E-state index contributed by atoms with van der Waals surface area (Å²) in [7, 11) is 0. The molecule has 0 aliphatic carbocycles. The number of rotatable bonds is 1. The summed E-state index contributed by atoms with van der Waals surface area (Å²) in [5, 5.41) is 0. The first-order chi connectivity index (χ1) is 7.18. The minimum atomic E-state index is -0.0815. The maximum absolute atomic E-state index is 11.5. The molecule has 4 heteroatoms. The monoisotopic (exact) mass is 312 g/mol. The number of aryl methyl sites for hydroxylation is 1. The molecule has 3 nitrogen and oxygen atoms in total. The number of halogens is 1. The molecule has 1 aromatic heterocycles. The van der Waals surface area contributed by atoms with E-state index in [2.05, 4.69) is 9.97 Å². The van der Waals surface area contributed by atoms with Crippen LogP contribution in [0.25, 0.3) is 11.3 Å². The van der Waals surface area contributed by atoms with Gasteiger partial charge in [0.15, 0.2) is 0 Å². The van der Waals surface area contributed by atoms with E-state index in [4.69, 9.17) is 0 Å². The number of benzene rings is 1. The molecule has 1 heterocycles. The SMILES string of the molecule is Cc1nc(-c2ccccc2)c(I)c(=O)[nH]1. The summed E-state index contributed by atoms with van der Waals surface area (Å²) in [5.74, 6) is 0.638. The molecule has 76 valence electrons. The summed E-state index contributed by atoms with van der Waals surface area (Å²) in [6.07, 6.45) is 0. The highest BCUT2D eigenvalue weighted by Crippen LogP contribution is 2.19.